The summed E-state index contributed by atoms with van der Waals surface area (Å²) in [6, 6.07) is 10.9. The van der Waals surface area contributed by atoms with E-state index in [1.807, 2.05) is 11.8 Å². The number of ether oxygens (including phenoxy) is 1. The molecule has 0 radical (unpaired) electrons. The molecule has 0 N–H and O–H groups in total. The Morgan fingerprint density at radius 2 is 1.96 bits per heavy atom. The fourth-order valence-corrected chi connectivity index (χ4v) is 4.42. The molecule has 1 amide bonds. The number of amides is 1. The molecule has 1 aromatic carbocycles. The minimum absolute atomic E-state index is 0.0311. The van der Waals surface area contributed by atoms with E-state index in [0.717, 1.165) is 38.1 Å². The summed E-state index contributed by atoms with van der Waals surface area (Å²) in [5, 5.41) is 0. The molecule has 3 heterocycles. The number of carbonyl (C=O) groups is 1. The third-order valence-corrected chi connectivity index (χ3v) is 6.02. The molecule has 2 aliphatic rings. The lowest BCUT2D eigenvalue weighted by molar-refractivity contribution is -0.0389. The SMILES string of the molecule is CCN(c1ccccc1)[C@H]1COC2(CCN(C(=O)c3cnc(C)cn3)CC2)C1. The Balaban J connectivity index is 1.38. The highest BCUT2D eigenvalue weighted by Gasteiger charge is 2.45. The first-order valence-corrected chi connectivity index (χ1v) is 10.1. The number of nitrogens with zero attached hydrogens (tertiary/aromatic N) is 4. The Morgan fingerprint density at radius 1 is 1.21 bits per heavy atom. The van der Waals surface area contributed by atoms with Crippen molar-refractivity contribution in [3.8, 4) is 0 Å². The number of para-hydroxylation sites is 1. The fraction of sp³-hybridized carbons (Fsp3) is 0.500. The van der Waals surface area contributed by atoms with Crippen molar-refractivity contribution in [1.29, 1.82) is 0 Å². The quantitative estimate of drug-likeness (QED) is 0.816. The lowest BCUT2D eigenvalue weighted by Gasteiger charge is -2.39. The van der Waals surface area contributed by atoms with E-state index in [1.165, 1.54) is 5.69 Å². The van der Waals surface area contributed by atoms with Gasteiger partial charge in [-0.05, 0) is 45.2 Å². The second kappa shape index (κ2) is 7.87. The third kappa shape index (κ3) is 3.74. The molecule has 1 atom stereocenters. The molecule has 2 fully saturated rings. The van der Waals surface area contributed by atoms with Gasteiger partial charge in [-0.1, -0.05) is 18.2 Å². The van der Waals surface area contributed by atoms with E-state index in [4.69, 9.17) is 4.74 Å². The summed E-state index contributed by atoms with van der Waals surface area (Å²) in [5.74, 6) is -0.0311. The van der Waals surface area contributed by atoms with Crippen molar-refractivity contribution in [2.45, 2.75) is 44.8 Å². The molecule has 2 aliphatic heterocycles. The normalized spacial score (nSPS) is 21.1. The number of anilines is 1. The summed E-state index contributed by atoms with van der Waals surface area (Å²) in [6.45, 7) is 7.19. The largest absolute Gasteiger partial charge is 0.373 e. The average Bonchev–Trinajstić information content (AvgIpc) is 3.13. The first-order valence-electron chi connectivity index (χ1n) is 10.1. The summed E-state index contributed by atoms with van der Waals surface area (Å²) in [4.78, 5) is 25.4. The van der Waals surface area contributed by atoms with Crippen LogP contribution in [0.25, 0.3) is 0 Å². The zero-order chi connectivity index (χ0) is 19.6. The van der Waals surface area contributed by atoms with E-state index in [-0.39, 0.29) is 11.5 Å². The van der Waals surface area contributed by atoms with Crippen molar-refractivity contribution >= 4 is 11.6 Å². The molecule has 1 spiro atoms. The van der Waals surface area contributed by atoms with Gasteiger partial charge < -0.3 is 14.5 Å². The van der Waals surface area contributed by atoms with Gasteiger partial charge in [0.05, 0.1) is 30.1 Å². The second-order valence-corrected chi connectivity index (χ2v) is 7.81. The molecule has 6 heteroatoms. The molecule has 1 aromatic heterocycles. The zero-order valence-electron chi connectivity index (χ0n) is 16.7. The van der Waals surface area contributed by atoms with Crippen LogP contribution in [0.3, 0.4) is 0 Å². The Labute approximate surface area is 166 Å². The number of hydrogen-bond acceptors (Lipinski definition) is 5. The van der Waals surface area contributed by atoms with Crippen LogP contribution in [-0.2, 0) is 4.74 Å². The van der Waals surface area contributed by atoms with Crippen LogP contribution >= 0.6 is 0 Å². The predicted octanol–water partition coefficient (Wildman–Crippen LogP) is 3.08. The Kier molecular flexibility index (Phi) is 5.31. The van der Waals surface area contributed by atoms with Gasteiger partial charge in [-0.3, -0.25) is 9.78 Å². The minimum Gasteiger partial charge on any atom is -0.373 e. The van der Waals surface area contributed by atoms with Crippen LogP contribution in [0.1, 0.15) is 42.4 Å². The molecule has 2 saturated heterocycles. The number of carbonyl (C=O) groups excluding carboxylic acids is 1. The van der Waals surface area contributed by atoms with Crippen molar-refractivity contribution in [2.24, 2.45) is 0 Å². The molecular weight excluding hydrogens is 352 g/mol. The van der Waals surface area contributed by atoms with Crippen molar-refractivity contribution in [3.05, 3.63) is 54.1 Å². The highest BCUT2D eigenvalue weighted by atomic mass is 16.5. The molecule has 28 heavy (non-hydrogen) atoms. The lowest BCUT2D eigenvalue weighted by atomic mass is 9.87. The number of aryl methyl sites for hydroxylation is 1. The Bertz CT molecular complexity index is 801. The van der Waals surface area contributed by atoms with Gasteiger partial charge in [0.1, 0.15) is 5.69 Å². The summed E-state index contributed by atoms with van der Waals surface area (Å²) >= 11 is 0. The van der Waals surface area contributed by atoms with E-state index in [9.17, 15) is 4.79 Å². The number of rotatable bonds is 4. The summed E-state index contributed by atoms with van der Waals surface area (Å²) < 4.78 is 6.34. The van der Waals surface area contributed by atoms with Crippen LogP contribution in [0, 0.1) is 6.92 Å². The number of benzene rings is 1. The number of hydrogen-bond donors (Lipinski definition) is 0. The van der Waals surface area contributed by atoms with E-state index in [0.29, 0.717) is 24.8 Å². The van der Waals surface area contributed by atoms with Crippen LogP contribution in [0.5, 0.6) is 0 Å². The van der Waals surface area contributed by atoms with Gasteiger partial charge in [-0.15, -0.1) is 0 Å². The maximum absolute atomic E-state index is 12.7. The molecule has 0 aliphatic carbocycles. The molecule has 4 rings (SSSR count). The van der Waals surface area contributed by atoms with Crippen LogP contribution in [0.4, 0.5) is 5.69 Å². The van der Waals surface area contributed by atoms with Gasteiger partial charge in [0, 0.05) is 31.5 Å². The van der Waals surface area contributed by atoms with Gasteiger partial charge in [-0.25, -0.2) is 4.98 Å². The van der Waals surface area contributed by atoms with E-state index >= 15 is 0 Å². The monoisotopic (exact) mass is 380 g/mol. The van der Waals surface area contributed by atoms with Gasteiger partial charge in [-0.2, -0.15) is 0 Å². The minimum atomic E-state index is -0.109. The Hall–Kier alpha value is -2.47. The van der Waals surface area contributed by atoms with Crippen LogP contribution in [-0.4, -0.2) is 58.7 Å². The summed E-state index contributed by atoms with van der Waals surface area (Å²) in [5.41, 5.74) is 2.38. The van der Waals surface area contributed by atoms with Crippen molar-refractivity contribution < 1.29 is 9.53 Å². The fourth-order valence-electron chi connectivity index (χ4n) is 4.42. The molecular formula is C22H28N4O2. The van der Waals surface area contributed by atoms with E-state index in [2.05, 4.69) is 52.1 Å². The van der Waals surface area contributed by atoms with Gasteiger partial charge in [0.2, 0.25) is 0 Å². The number of piperidine rings is 1. The molecule has 0 bridgehead atoms. The predicted molar refractivity (Wildman–Crippen MR) is 108 cm³/mol. The number of likely N-dealkylation sites (tertiary alicyclic amines) is 1. The molecule has 148 valence electrons. The highest BCUT2D eigenvalue weighted by molar-refractivity contribution is 5.92. The van der Waals surface area contributed by atoms with Crippen LogP contribution in [0.15, 0.2) is 42.7 Å². The van der Waals surface area contributed by atoms with Crippen LogP contribution in [0.2, 0.25) is 0 Å². The maximum Gasteiger partial charge on any atom is 0.274 e. The highest BCUT2D eigenvalue weighted by Crippen LogP contribution is 2.39. The zero-order valence-corrected chi connectivity index (χ0v) is 16.7. The van der Waals surface area contributed by atoms with Crippen molar-refractivity contribution in [1.82, 2.24) is 14.9 Å². The van der Waals surface area contributed by atoms with Gasteiger partial charge in [0.25, 0.3) is 5.91 Å². The van der Waals surface area contributed by atoms with E-state index in [1.54, 1.807) is 12.4 Å². The van der Waals surface area contributed by atoms with Gasteiger partial charge in [0.15, 0.2) is 0 Å². The molecule has 6 nitrogen and oxygen atoms in total. The van der Waals surface area contributed by atoms with Crippen LogP contribution < -0.4 is 4.90 Å². The van der Waals surface area contributed by atoms with Gasteiger partial charge >= 0.3 is 0 Å². The molecule has 0 saturated carbocycles. The first-order chi connectivity index (χ1) is 13.6. The third-order valence-electron chi connectivity index (χ3n) is 6.02. The topological polar surface area (TPSA) is 58.6 Å². The maximum atomic E-state index is 12.7. The molecule has 0 unspecified atom stereocenters. The van der Waals surface area contributed by atoms with E-state index < -0.39 is 0 Å². The lowest BCUT2D eigenvalue weighted by Crippen LogP contribution is -2.47. The van der Waals surface area contributed by atoms with Crippen molar-refractivity contribution in [3.63, 3.8) is 0 Å². The second-order valence-electron chi connectivity index (χ2n) is 7.81. The smallest absolute Gasteiger partial charge is 0.274 e. The summed E-state index contributed by atoms with van der Waals surface area (Å²) in [7, 11) is 0. The van der Waals surface area contributed by atoms with Crippen molar-refractivity contribution in [2.75, 3.05) is 31.1 Å². The standard InChI is InChI=1S/C22H28N4O2/c1-3-26(18-7-5-4-6-8-18)19-13-22(28-16-19)9-11-25(12-10-22)21(27)20-15-23-17(2)14-24-20/h4-8,14-15,19H,3,9-13,16H2,1-2H3/t19-/m1/s1. The molecule has 2 aromatic rings. The summed E-state index contributed by atoms with van der Waals surface area (Å²) in [6.07, 6.45) is 5.99. The Morgan fingerprint density at radius 3 is 2.61 bits per heavy atom. The number of aromatic nitrogens is 2. The first kappa shape index (κ1) is 18.9. The average molecular weight is 380 g/mol. The number of likely N-dealkylation sites (N-methyl/N-ethyl adjacent to an activating group) is 1.